The van der Waals surface area contributed by atoms with E-state index in [-0.39, 0.29) is 17.7 Å². The lowest BCUT2D eigenvalue weighted by Crippen LogP contribution is -2.32. The fourth-order valence-electron chi connectivity index (χ4n) is 5.58. The Bertz CT molecular complexity index is 1600. The lowest BCUT2D eigenvalue weighted by atomic mass is 9.84. The number of rotatable bonds is 14. The van der Waals surface area contributed by atoms with E-state index in [2.05, 4.69) is 129 Å². The molecule has 7 nitrogen and oxygen atoms in total. The molecule has 0 saturated heterocycles. The minimum atomic E-state index is -0.330. The summed E-state index contributed by atoms with van der Waals surface area (Å²) in [5.74, 6) is 0. The third-order valence-corrected chi connectivity index (χ3v) is 8.17. The van der Waals surface area contributed by atoms with Crippen molar-refractivity contribution in [3.63, 3.8) is 0 Å². The highest BCUT2D eigenvalue weighted by Crippen LogP contribution is 2.25. The quantitative estimate of drug-likeness (QED) is 0.0688. The molecule has 6 N–H and O–H groups in total. The fraction of sp³-hybridized carbons (Fsp3) is 0.341. The summed E-state index contributed by atoms with van der Waals surface area (Å²) in [5.41, 5.74) is 18.9. The van der Waals surface area contributed by atoms with Gasteiger partial charge in [-0.15, -0.1) is 6.42 Å². The first-order valence-electron chi connectivity index (χ1n) is 17.9. The molecule has 0 radical (unpaired) electrons. The van der Waals surface area contributed by atoms with Crippen LogP contribution in [0.15, 0.2) is 134 Å². The second-order valence-corrected chi connectivity index (χ2v) is 13.8. The van der Waals surface area contributed by atoms with Gasteiger partial charge >= 0.3 is 0 Å². The van der Waals surface area contributed by atoms with Crippen molar-refractivity contribution in [1.82, 2.24) is 20.6 Å². The third-order valence-electron chi connectivity index (χ3n) is 8.17. The SMILES string of the molecule is CC(C)(C)c1ccccc1CN.CC(C)NC(Cc1ccccn1)c1ccccc1.[CH2-]CC(N)OCNC(Cc1ccccn1)c1ccccc1. The second-order valence-electron chi connectivity index (χ2n) is 13.8. The summed E-state index contributed by atoms with van der Waals surface area (Å²) < 4.78 is 5.46. The highest BCUT2D eigenvalue weighted by molar-refractivity contribution is 5.32. The normalized spacial score (nSPS) is 12.9. The van der Waals surface area contributed by atoms with E-state index in [0.717, 1.165) is 24.2 Å². The third kappa shape index (κ3) is 15.7. The van der Waals surface area contributed by atoms with E-state index in [0.29, 0.717) is 31.8 Å². The predicted octanol–water partition coefficient (Wildman–Crippen LogP) is 8.24. The topological polar surface area (TPSA) is 111 Å². The molecule has 0 aliphatic carbocycles. The minimum Gasteiger partial charge on any atom is -0.351 e. The molecular weight excluding hydrogens is 629 g/mol. The van der Waals surface area contributed by atoms with Crippen molar-refractivity contribution in [1.29, 1.82) is 0 Å². The molecule has 0 amide bonds. The van der Waals surface area contributed by atoms with Crippen LogP contribution in [0.2, 0.25) is 0 Å². The van der Waals surface area contributed by atoms with Gasteiger partial charge in [-0.2, -0.15) is 0 Å². The highest BCUT2D eigenvalue weighted by Gasteiger charge is 2.16. The van der Waals surface area contributed by atoms with Crippen molar-refractivity contribution in [3.05, 3.63) is 174 Å². The summed E-state index contributed by atoms with van der Waals surface area (Å²) in [6.07, 6.45) is 5.61. The van der Waals surface area contributed by atoms with Gasteiger partial charge in [0.25, 0.3) is 0 Å². The maximum Gasteiger partial charge on any atom is 0.0989 e. The Labute approximate surface area is 307 Å². The molecule has 2 aromatic heterocycles. The van der Waals surface area contributed by atoms with Crippen LogP contribution in [0.25, 0.3) is 0 Å². The number of nitrogens with one attached hydrogen (secondary N) is 2. The molecule has 0 aliphatic rings. The standard InChI is InChI=1S/C17H22N3O.C16H20N2.C11H17N/c1-2-17(18)21-13-20-16(14-8-4-3-5-9-14)12-15-10-6-7-11-19-15;1-13(2)18-16(14-8-4-3-5-9-14)12-15-10-6-7-11-17-15;1-11(2,3)10-7-5-4-6-9(10)8-12/h3-11,16-17,20H,1-2,12-13,18H2;3-11,13,16,18H,12H2,1-2H3;4-7H,8,12H2,1-3H3/q-1;;. The monoisotopic (exact) mass is 687 g/mol. The number of ether oxygens (including phenoxy) is 1. The predicted molar refractivity (Wildman–Crippen MR) is 213 cm³/mol. The summed E-state index contributed by atoms with van der Waals surface area (Å²) in [4.78, 5) is 8.80. The Morgan fingerprint density at radius 2 is 1.18 bits per heavy atom. The van der Waals surface area contributed by atoms with Gasteiger partial charge < -0.3 is 28.4 Å². The van der Waals surface area contributed by atoms with Gasteiger partial charge in [-0.3, -0.25) is 15.3 Å². The van der Waals surface area contributed by atoms with Crippen molar-refractivity contribution in [2.75, 3.05) is 6.73 Å². The fourth-order valence-corrected chi connectivity index (χ4v) is 5.58. The van der Waals surface area contributed by atoms with Crippen LogP contribution in [0.3, 0.4) is 0 Å². The number of aromatic nitrogens is 2. The largest absolute Gasteiger partial charge is 0.351 e. The van der Waals surface area contributed by atoms with E-state index in [1.54, 1.807) is 0 Å². The Balaban J connectivity index is 0.000000214. The zero-order valence-electron chi connectivity index (χ0n) is 31.2. The van der Waals surface area contributed by atoms with Crippen molar-refractivity contribution in [2.24, 2.45) is 11.5 Å². The molecule has 5 rings (SSSR count). The number of benzene rings is 3. The second kappa shape index (κ2) is 22.6. The number of nitrogens with two attached hydrogens (primary N) is 2. The first-order valence-corrected chi connectivity index (χ1v) is 17.9. The number of hydrogen-bond acceptors (Lipinski definition) is 7. The van der Waals surface area contributed by atoms with Crippen LogP contribution in [0.1, 0.15) is 86.8 Å². The zero-order chi connectivity index (χ0) is 36.9. The van der Waals surface area contributed by atoms with E-state index < -0.39 is 0 Å². The smallest absolute Gasteiger partial charge is 0.0989 e. The average Bonchev–Trinajstić information content (AvgIpc) is 3.15. The Morgan fingerprint density at radius 3 is 1.63 bits per heavy atom. The number of nitrogens with zero attached hydrogens (tertiary/aromatic N) is 2. The van der Waals surface area contributed by atoms with Gasteiger partial charge in [-0.05, 0) is 51.9 Å². The van der Waals surface area contributed by atoms with Crippen molar-refractivity contribution in [3.8, 4) is 0 Å². The molecule has 51 heavy (non-hydrogen) atoms. The first kappa shape index (κ1) is 41.2. The van der Waals surface area contributed by atoms with E-state index in [1.807, 2.05) is 67.0 Å². The molecule has 3 atom stereocenters. The lowest BCUT2D eigenvalue weighted by Gasteiger charge is -2.22. The van der Waals surface area contributed by atoms with Crippen LogP contribution >= 0.6 is 0 Å². The molecule has 3 unspecified atom stereocenters. The Hall–Kier alpha value is -4.24. The van der Waals surface area contributed by atoms with Gasteiger partial charge in [-0.25, -0.2) is 0 Å². The van der Waals surface area contributed by atoms with Crippen LogP contribution in [-0.2, 0) is 29.5 Å². The molecule has 5 aromatic rings. The van der Waals surface area contributed by atoms with Gasteiger partial charge in [0.1, 0.15) is 0 Å². The van der Waals surface area contributed by atoms with E-state index in [1.165, 1.54) is 22.3 Å². The molecule has 0 fully saturated rings. The molecule has 0 aliphatic heterocycles. The van der Waals surface area contributed by atoms with Crippen molar-refractivity contribution < 1.29 is 4.74 Å². The van der Waals surface area contributed by atoms with E-state index in [9.17, 15) is 0 Å². The summed E-state index contributed by atoms with van der Waals surface area (Å²) in [5, 5.41) is 6.98. The number of hydrogen-bond donors (Lipinski definition) is 4. The lowest BCUT2D eigenvalue weighted by molar-refractivity contribution is 0.0404. The minimum absolute atomic E-state index is 0.137. The maximum absolute atomic E-state index is 5.71. The molecule has 272 valence electrons. The van der Waals surface area contributed by atoms with Gasteiger partial charge in [0, 0.05) is 61.3 Å². The Morgan fingerprint density at radius 1 is 0.686 bits per heavy atom. The summed E-state index contributed by atoms with van der Waals surface area (Å²) in [7, 11) is 0. The van der Waals surface area contributed by atoms with Crippen molar-refractivity contribution in [2.45, 2.75) is 90.2 Å². The molecule has 7 heteroatoms. The summed E-state index contributed by atoms with van der Waals surface area (Å²) >= 11 is 0. The van der Waals surface area contributed by atoms with Crippen LogP contribution < -0.4 is 22.1 Å². The van der Waals surface area contributed by atoms with Crippen LogP contribution in [0, 0.1) is 6.92 Å². The van der Waals surface area contributed by atoms with Crippen LogP contribution in [0.4, 0.5) is 0 Å². The Kier molecular flexibility index (Phi) is 18.2. The molecule has 0 saturated carbocycles. The van der Waals surface area contributed by atoms with Crippen LogP contribution in [0.5, 0.6) is 0 Å². The molecule has 0 spiro atoms. The van der Waals surface area contributed by atoms with Gasteiger partial charge in [0.15, 0.2) is 0 Å². The summed E-state index contributed by atoms with van der Waals surface area (Å²) in [6.45, 7) is 15.7. The van der Waals surface area contributed by atoms with Gasteiger partial charge in [0.05, 0.1) is 13.0 Å². The van der Waals surface area contributed by atoms with Crippen LogP contribution in [-0.4, -0.2) is 29.0 Å². The maximum atomic E-state index is 5.71. The molecular formula is C44H59N6O-. The average molecular weight is 688 g/mol. The first-order chi connectivity index (χ1) is 24.6. The molecule has 0 bridgehead atoms. The molecule has 3 aromatic carbocycles. The summed E-state index contributed by atoms with van der Waals surface area (Å²) in [6, 6.07) is 42.1. The van der Waals surface area contributed by atoms with E-state index >= 15 is 0 Å². The van der Waals surface area contributed by atoms with Gasteiger partial charge in [-0.1, -0.05) is 132 Å². The van der Waals surface area contributed by atoms with Gasteiger partial charge in [0.2, 0.25) is 0 Å². The van der Waals surface area contributed by atoms with E-state index in [4.69, 9.17) is 16.2 Å². The number of pyridine rings is 2. The van der Waals surface area contributed by atoms with Crippen molar-refractivity contribution >= 4 is 0 Å². The molecule has 2 heterocycles. The highest BCUT2D eigenvalue weighted by atomic mass is 16.5. The zero-order valence-corrected chi connectivity index (χ0v) is 31.2.